The first-order valence-corrected chi connectivity index (χ1v) is 5.21. The molecule has 1 aliphatic carbocycles. The van der Waals surface area contributed by atoms with E-state index in [0.717, 1.165) is 24.8 Å². The van der Waals surface area contributed by atoms with Gasteiger partial charge in [0, 0.05) is 18.3 Å². The summed E-state index contributed by atoms with van der Waals surface area (Å²) in [6.07, 6.45) is 4.63. The van der Waals surface area contributed by atoms with Crippen LogP contribution in [0, 0.1) is 0 Å². The summed E-state index contributed by atoms with van der Waals surface area (Å²) >= 11 is 0. The zero-order valence-electron chi connectivity index (χ0n) is 8.88. The predicted octanol–water partition coefficient (Wildman–Crippen LogP) is 1.59. The Kier molecular flexibility index (Phi) is 1.92. The first-order chi connectivity index (χ1) is 7.85. The van der Waals surface area contributed by atoms with Crippen molar-refractivity contribution in [2.75, 3.05) is 7.11 Å². The van der Waals surface area contributed by atoms with E-state index in [1.165, 1.54) is 0 Å². The van der Waals surface area contributed by atoms with Gasteiger partial charge in [0.2, 0.25) is 0 Å². The van der Waals surface area contributed by atoms with Gasteiger partial charge >= 0.3 is 0 Å². The fourth-order valence-corrected chi connectivity index (χ4v) is 1.92. The highest BCUT2D eigenvalue weighted by Crippen LogP contribution is 2.38. The van der Waals surface area contributed by atoms with Crippen molar-refractivity contribution in [2.45, 2.75) is 18.9 Å². The number of rotatable bonds is 3. The molecule has 0 amide bonds. The Balaban J connectivity index is 2.33. The summed E-state index contributed by atoms with van der Waals surface area (Å²) in [6, 6.07) is 2.13. The summed E-state index contributed by atoms with van der Waals surface area (Å²) in [6.45, 7) is 0. The number of hydrogen-bond donors (Lipinski definition) is 0. The van der Waals surface area contributed by atoms with Crippen LogP contribution in [0.4, 0.5) is 0 Å². The van der Waals surface area contributed by atoms with Crippen LogP contribution in [0.15, 0.2) is 12.3 Å². The van der Waals surface area contributed by atoms with Crippen molar-refractivity contribution in [3.05, 3.63) is 18.1 Å². The van der Waals surface area contributed by atoms with E-state index in [4.69, 9.17) is 4.74 Å². The zero-order chi connectivity index (χ0) is 11.1. The van der Waals surface area contributed by atoms with E-state index in [2.05, 4.69) is 9.97 Å². The molecule has 0 aromatic carbocycles. The molecule has 16 heavy (non-hydrogen) atoms. The van der Waals surface area contributed by atoms with E-state index in [1.54, 1.807) is 19.4 Å². The molecule has 5 heteroatoms. The number of aldehydes is 1. The molecule has 3 rings (SSSR count). The number of ether oxygens (including phenoxy) is 1. The van der Waals surface area contributed by atoms with Crippen molar-refractivity contribution in [1.29, 1.82) is 0 Å². The molecule has 82 valence electrons. The molecule has 0 atom stereocenters. The maximum absolute atomic E-state index is 11.0. The number of fused-ring (bicyclic) bond motifs is 1. The number of nitrogens with zero attached hydrogens (tertiary/aromatic N) is 3. The Morgan fingerprint density at radius 2 is 2.38 bits per heavy atom. The standard InChI is InChI=1S/C11H11N3O2/c1-16-8-4-5-12-11-10(8)13-9(6-15)14(11)7-2-3-7/h4-7H,2-3H2,1H3. The summed E-state index contributed by atoms with van der Waals surface area (Å²) in [5, 5.41) is 0. The number of hydrogen-bond acceptors (Lipinski definition) is 4. The minimum absolute atomic E-state index is 0.379. The average Bonchev–Trinajstić information content (AvgIpc) is 3.08. The van der Waals surface area contributed by atoms with Gasteiger partial charge in [-0.3, -0.25) is 4.79 Å². The molecule has 2 aromatic rings. The van der Waals surface area contributed by atoms with Crippen LogP contribution in [0.5, 0.6) is 5.75 Å². The minimum Gasteiger partial charge on any atom is -0.494 e. The molecule has 1 fully saturated rings. The van der Waals surface area contributed by atoms with Crippen LogP contribution < -0.4 is 4.74 Å². The predicted molar refractivity (Wildman–Crippen MR) is 57.7 cm³/mol. The molecule has 0 aliphatic heterocycles. The Hall–Kier alpha value is -1.91. The van der Waals surface area contributed by atoms with Crippen LogP contribution in [-0.4, -0.2) is 27.9 Å². The van der Waals surface area contributed by atoms with E-state index >= 15 is 0 Å². The van der Waals surface area contributed by atoms with Gasteiger partial charge in [-0.15, -0.1) is 0 Å². The maximum Gasteiger partial charge on any atom is 0.185 e. The summed E-state index contributed by atoms with van der Waals surface area (Å²) in [4.78, 5) is 19.5. The van der Waals surface area contributed by atoms with E-state index < -0.39 is 0 Å². The number of carbonyl (C=O) groups is 1. The lowest BCUT2D eigenvalue weighted by molar-refractivity contribution is 0.111. The quantitative estimate of drug-likeness (QED) is 0.732. The highest BCUT2D eigenvalue weighted by Gasteiger charge is 2.29. The highest BCUT2D eigenvalue weighted by molar-refractivity contribution is 5.84. The van der Waals surface area contributed by atoms with E-state index in [1.807, 2.05) is 4.57 Å². The minimum atomic E-state index is 0.379. The van der Waals surface area contributed by atoms with Gasteiger partial charge in [-0.25, -0.2) is 9.97 Å². The van der Waals surface area contributed by atoms with Crippen molar-refractivity contribution >= 4 is 17.5 Å². The second-order valence-corrected chi connectivity index (χ2v) is 3.87. The maximum atomic E-state index is 11.0. The molecule has 0 bridgehead atoms. The van der Waals surface area contributed by atoms with Crippen molar-refractivity contribution in [3.8, 4) is 5.75 Å². The van der Waals surface area contributed by atoms with E-state index in [9.17, 15) is 4.79 Å². The number of aromatic nitrogens is 3. The van der Waals surface area contributed by atoms with Crippen LogP contribution in [0.3, 0.4) is 0 Å². The fourth-order valence-electron chi connectivity index (χ4n) is 1.92. The lowest BCUT2D eigenvalue weighted by Gasteiger charge is -2.02. The first-order valence-electron chi connectivity index (χ1n) is 5.21. The second kappa shape index (κ2) is 3.30. The van der Waals surface area contributed by atoms with Crippen LogP contribution in [0.1, 0.15) is 29.5 Å². The Morgan fingerprint density at radius 1 is 1.56 bits per heavy atom. The summed E-state index contributed by atoms with van der Waals surface area (Å²) in [7, 11) is 1.59. The molecular formula is C11H11N3O2. The molecule has 0 spiro atoms. The SMILES string of the molecule is COc1ccnc2c1nc(C=O)n2C1CC1. The van der Waals surface area contributed by atoms with Crippen molar-refractivity contribution in [3.63, 3.8) is 0 Å². The van der Waals surface area contributed by atoms with Gasteiger partial charge < -0.3 is 9.30 Å². The van der Waals surface area contributed by atoms with Gasteiger partial charge in [-0.2, -0.15) is 0 Å². The smallest absolute Gasteiger partial charge is 0.185 e. The van der Waals surface area contributed by atoms with Crippen LogP contribution in [-0.2, 0) is 0 Å². The van der Waals surface area contributed by atoms with Gasteiger partial charge in [0.25, 0.3) is 0 Å². The van der Waals surface area contributed by atoms with Crippen LogP contribution in [0.25, 0.3) is 11.2 Å². The molecule has 5 nitrogen and oxygen atoms in total. The molecule has 2 heterocycles. The second-order valence-electron chi connectivity index (χ2n) is 3.87. The third-order valence-corrected chi connectivity index (χ3v) is 2.81. The lowest BCUT2D eigenvalue weighted by atomic mass is 10.4. The summed E-state index contributed by atoms with van der Waals surface area (Å²) in [5.74, 6) is 1.10. The van der Waals surface area contributed by atoms with Gasteiger partial charge in [0.15, 0.2) is 23.3 Å². The van der Waals surface area contributed by atoms with Crippen LogP contribution >= 0.6 is 0 Å². The average molecular weight is 217 g/mol. The molecule has 0 unspecified atom stereocenters. The first kappa shape index (κ1) is 9.33. The van der Waals surface area contributed by atoms with E-state index in [-0.39, 0.29) is 0 Å². The number of methoxy groups -OCH3 is 1. The van der Waals surface area contributed by atoms with Crippen molar-refractivity contribution in [2.24, 2.45) is 0 Å². The topological polar surface area (TPSA) is 57.0 Å². The van der Waals surface area contributed by atoms with Gasteiger partial charge in [-0.1, -0.05) is 0 Å². The molecule has 0 saturated heterocycles. The molecule has 2 aromatic heterocycles. The van der Waals surface area contributed by atoms with E-state index in [0.29, 0.717) is 23.1 Å². The summed E-state index contributed by atoms with van der Waals surface area (Å²) < 4.78 is 7.12. The third-order valence-electron chi connectivity index (χ3n) is 2.81. The Morgan fingerprint density at radius 3 is 3.00 bits per heavy atom. The van der Waals surface area contributed by atoms with Crippen molar-refractivity contribution in [1.82, 2.24) is 14.5 Å². The Bertz CT molecular complexity index is 558. The Labute approximate surface area is 92.1 Å². The largest absolute Gasteiger partial charge is 0.494 e. The number of pyridine rings is 1. The van der Waals surface area contributed by atoms with Gasteiger partial charge in [0.05, 0.1) is 7.11 Å². The van der Waals surface area contributed by atoms with Crippen molar-refractivity contribution < 1.29 is 9.53 Å². The zero-order valence-corrected chi connectivity index (χ0v) is 8.88. The number of carbonyl (C=O) groups excluding carboxylic acids is 1. The number of imidazole rings is 1. The van der Waals surface area contributed by atoms with Crippen LogP contribution in [0.2, 0.25) is 0 Å². The molecule has 1 aliphatic rings. The summed E-state index contributed by atoms with van der Waals surface area (Å²) in [5.41, 5.74) is 1.41. The monoisotopic (exact) mass is 217 g/mol. The fraction of sp³-hybridized carbons (Fsp3) is 0.364. The van der Waals surface area contributed by atoms with Gasteiger partial charge in [0.1, 0.15) is 5.75 Å². The normalized spacial score (nSPS) is 15.3. The molecule has 0 radical (unpaired) electrons. The molecule has 0 N–H and O–H groups in total. The third kappa shape index (κ3) is 1.21. The van der Waals surface area contributed by atoms with Gasteiger partial charge in [-0.05, 0) is 12.8 Å². The highest BCUT2D eigenvalue weighted by atomic mass is 16.5. The molecular weight excluding hydrogens is 206 g/mol. The molecule has 1 saturated carbocycles. The lowest BCUT2D eigenvalue weighted by Crippen LogP contribution is -2.00.